The number of fused-ring (bicyclic) bond motifs is 2. The molecule has 2 N–H and O–H groups in total. The van der Waals surface area contributed by atoms with Gasteiger partial charge in [0.25, 0.3) is 0 Å². The molecule has 1 atom stereocenters. The number of imidazole rings is 1. The van der Waals surface area contributed by atoms with Crippen molar-refractivity contribution in [2.45, 2.75) is 25.4 Å². The second-order valence-electron chi connectivity index (χ2n) is 7.99. The zero-order valence-corrected chi connectivity index (χ0v) is 18.0. The summed E-state index contributed by atoms with van der Waals surface area (Å²) in [5.74, 6) is 0.436. The SMILES string of the molecule is COCCOc1ccn2c(-c3ccc4c(F)ccc(N5CCCCC5N)c4n3)cnc2c1. The summed E-state index contributed by atoms with van der Waals surface area (Å²) in [7, 11) is 1.64. The molecule has 0 amide bonds. The second kappa shape index (κ2) is 8.72. The van der Waals surface area contributed by atoms with E-state index in [2.05, 4.69) is 9.88 Å². The van der Waals surface area contributed by atoms with E-state index in [-0.39, 0.29) is 12.0 Å². The summed E-state index contributed by atoms with van der Waals surface area (Å²) in [6.45, 7) is 1.83. The van der Waals surface area contributed by atoms with Crippen molar-refractivity contribution in [3.63, 3.8) is 0 Å². The number of hydrogen-bond acceptors (Lipinski definition) is 6. The minimum Gasteiger partial charge on any atom is -0.491 e. The van der Waals surface area contributed by atoms with Crippen LogP contribution in [0.2, 0.25) is 0 Å². The molecule has 7 nitrogen and oxygen atoms in total. The van der Waals surface area contributed by atoms with Crippen LogP contribution in [0.3, 0.4) is 0 Å². The van der Waals surface area contributed by atoms with Crippen LogP contribution in [0.25, 0.3) is 27.9 Å². The third kappa shape index (κ3) is 3.76. The molecule has 8 heteroatoms. The van der Waals surface area contributed by atoms with Gasteiger partial charge in [0.05, 0.1) is 41.6 Å². The number of piperidine rings is 1. The first-order valence-electron chi connectivity index (χ1n) is 10.9. The second-order valence-corrected chi connectivity index (χ2v) is 7.99. The van der Waals surface area contributed by atoms with Gasteiger partial charge in [-0.3, -0.25) is 4.40 Å². The Hall–Kier alpha value is -3.23. The summed E-state index contributed by atoms with van der Waals surface area (Å²) in [5.41, 5.74) is 10.2. The molecule has 4 heterocycles. The molecule has 166 valence electrons. The Bertz CT molecular complexity index is 1260. The molecule has 1 aromatic carbocycles. The lowest BCUT2D eigenvalue weighted by atomic mass is 10.1. The first-order valence-corrected chi connectivity index (χ1v) is 10.9. The zero-order valence-electron chi connectivity index (χ0n) is 18.0. The van der Waals surface area contributed by atoms with Crippen LogP contribution >= 0.6 is 0 Å². The average Bonchev–Trinajstić information content (AvgIpc) is 3.23. The van der Waals surface area contributed by atoms with E-state index >= 15 is 0 Å². The lowest BCUT2D eigenvalue weighted by Gasteiger charge is -2.35. The molecule has 3 aromatic heterocycles. The lowest BCUT2D eigenvalue weighted by Crippen LogP contribution is -2.45. The van der Waals surface area contributed by atoms with Gasteiger partial charge in [-0.15, -0.1) is 0 Å². The average molecular weight is 436 g/mol. The minimum atomic E-state index is -0.288. The summed E-state index contributed by atoms with van der Waals surface area (Å²) < 4.78 is 27.3. The maximum atomic E-state index is 14.6. The number of nitrogens with zero attached hydrogens (tertiary/aromatic N) is 4. The number of anilines is 1. The normalized spacial score (nSPS) is 16.7. The molecule has 1 saturated heterocycles. The molecule has 0 aliphatic carbocycles. The van der Waals surface area contributed by atoms with Crippen LogP contribution in [-0.2, 0) is 4.74 Å². The molecule has 5 rings (SSSR count). The molecule has 1 aliphatic rings. The van der Waals surface area contributed by atoms with Crippen molar-refractivity contribution in [3.05, 3.63) is 54.6 Å². The standard InChI is InChI=1S/C24H26FN5O2/c1-31-12-13-32-16-9-11-30-21(15-27-23(30)14-16)19-7-5-17-18(25)6-8-20(24(17)28-19)29-10-3-2-4-22(29)26/h5-9,11,14-15,22H,2-4,10,12-13,26H2,1H3. The van der Waals surface area contributed by atoms with Gasteiger partial charge in [-0.2, -0.15) is 0 Å². The molecular weight excluding hydrogens is 409 g/mol. The zero-order chi connectivity index (χ0) is 22.1. The van der Waals surface area contributed by atoms with Gasteiger partial charge >= 0.3 is 0 Å². The van der Waals surface area contributed by atoms with E-state index in [1.165, 1.54) is 6.07 Å². The van der Waals surface area contributed by atoms with Crippen LogP contribution in [0.15, 0.2) is 48.8 Å². The molecular formula is C24H26FN5O2. The van der Waals surface area contributed by atoms with Gasteiger partial charge in [-0.25, -0.2) is 14.4 Å². The first kappa shape index (κ1) is 20.7. The molecule has 0 radical (unpaired) electrons. The number of benzene rings is 1. The van der Waals surface area contributed by atoms with E-state index in [0.717, 1.165) is 54.3 Å². The van der Waals surface area contributed by atoms with Crippen LogP contribution in [0.1, 0.15) is 19.3 Å². The number of halogens is 1. The number of ether oxygens (including phenoxy) is 2. The van der Waals surface area contributed by atoms with E-state index in [1.54, 1.807) is 25.4 Å². The van der Waals surface area contributed by atoms with E-state index in [4.69, 9.17) is 20.2 Å². The van der Waals surface area contributed by atoms with Gasteiger partial charge in [0, 0.05) is 31.3 Å². The number of aromatic nitrogens is 3. The topological polar surface area (TPSA) is 77.9 Å². The predicted octanol–water partition coefficient (Wildman–Crippen LogP) is 3.99. The van der Waals surface area contributed by atoms with Gasteiger partial charge < -0.3 is 20.1 Å². The molecule has 1 aliphatic heterocycles. The molecule has 0 bridgehead atoms. The summed E-state index contributed by atoms with van der Waals surface area (Å²) in [5, 5.41) is 0.492. The van der Waals surface area contributed by atoms with Crippen molar-refractivity contribution in [1.82, 2.24) is 14.4 Å². The molecule has 0 saturated carbocycles. The largest absolute Gasteiger partial charge is 0.491 e. The Morgan fingerprint density at radius 3 is 2.91 bits per heavy atom. The van der Waals surface area contributed by atoms with Gasteiger partial charge in [-0.1, -0.05) is 0 Å². The maximum absolute atomic E-state index is 14.6. The van der Waals surface area contributed by atoms with Gasteiger partial charge in [0.1, 0.15) is 23.8 Å². The van der Waals surface area contributed by atoms with Gasteiger partial charge in [0.15, 0.2) is 0 Å². The quantitative estimate of drug-likeness (QED) is 0.462. The fourth-order valence-electron chi connectivity index (χ4n) is 4.28. The summed E-state index contributed by atoms with van der Waals surface area (Å²) >= 11 is 0. The highest BCUT2D eigenvalue weighted by atomic mass is 19.1. The van der Waals surface area contributed by atoms with Crippen molar-refractivity contribution in [2.75, 3.05) is 31.8 Å². The summed E-state index contributed by atoms with van der Waals surface area (Å²) in [6.07, 6.45) is 6.67. The van der Waals surface area contributed by atoms with E-state index in [9.17, 15) is 4.39 Å². The molecule has 1 fully saturated rings. The van der Waals surface area contributed by atoms with Crippen LogP contribution in [-0.4, -0.2) is 47.4 Å². The van der Waals surface area contributed by atoms with Crippen LogP contribution in [0.4, 0.5) is 10.1 Å². The van der Waals surface area contributed by atoms with Crippen molar-refractivity contribution in [1.29, 1.82) is 0 Å². The van der Waals surface area contributed by atoms with Crippen LogP contribution in [0.5, 0.6) is 5.75 Å². The summed E-state index contributed by atoms with van der Waals surface area (Å²) in [6, 6.07) is 10.7. The molecule has 1 unspecified atom stereocenters. The van der Waals surface area contributed by atoms with Crippen LogP contribution < -0.4 is 15.4 Å². The molecule has 0 spiro atoms. The van der Waals surface area contributed by atoms with Crippen molar-refractivity contribution < 1.29 is 13.9 Å². The highest BCUT2D eigenvalue weighted by Gasteiger charge is 2.22. The third-order valence-corrected chi connectivity index (χ3v) is 5.94. The van der Waals surface area contributed by atoms with Gasteiger partial charge in [0.2, 0.25) is 0 Å². The number of hydrogen-bond donors (Lipinski definition) is 1. The van der Waals surface area contributed by atoms with Crippen molar-refractivity contribution in [3.8, 4) is 17.1 Å². The Labute approximate surface area is 185 Å². The number of nitrogens with two attached hydrogens (primary N) is 1. The minimum absolute atomic E-state index is 0.0878. The van der Waals surface area contributed by atoms with E-state index in [1.807, 2.05) is 28.8 Å². The Morgan fingerprint density at radius 1 is 1.16 bits per heavy atom. The maximum Gasteiger partial charge on any atom is 0.140 e. The van der Waals surface area contributed by atoms with Crippen LogP contribution in [0, 0.1) is 5.82 Å². The third-order valence-electron chi connectivity index (χ3n) is 5.94. The predicted molar refractivity (Wildman–Crippen MR) is 122 cm³/mol. The Morgan fingerprint density at radius 2 is 2.06 bits per heavy atom. The first-order chi connectivity index (χ1) is 15.7. The molecule has 4 aromatic rings. The fourth-order valence-corrected chi connectivity index (χ4v) is 4.28. The monoisotopic (exact) mass is 435 g/mol. The van der Waals surface area contributed by atoms with Crippen molar-refractivity contribution in [2.24, 2.45) is 5.73 Å². The number of pyridine rings is 2. The Kier molecular flexibility index (Phi) is 5.63. The Balaban J connectivity index is 1.56. The van der Waals surface area contributed by atoms with Crippen molar-refractivity contribution >= 4 is 22.2 Å². The number of methoxy groups -OCH3 is 1. The van der Waals surface area contributed by atoms with E-state index in [0.29, 0.717) is 24.1 Å². The number of rotatable bonds is 6. The summed E-state index contributed by atoms with van der Waals surface area (Å²) in [4.78, 5) is 11.5. The lowest BCUT2D eigenvalue weighted by molar-refractivity contribution is 0.146. The molecule has 32 heavy (non-hydrogen) atoms. The van der Waals surface area contributed by atoms with Gasteiger partial charge in [-0.05, 0) is 49.6 Å². The highest BCUT2D eigenvalue weighted by Crippen LogP contribution is 2.33. The van der Waals surface area contributed by atoms with E-state index < -0.39 is 0 Å². The fraction of sp³-hybridized carbons (Fsp3) is 0.333. The smallest absolute Gasteiger partial charge is 0.140 e. The highest BCUT2D eigenvalue weighted by molar-refractivity contribution is 5.93.